The van der Waals surface area contributed by atoms with Crippen LogP contribution < -0.4 is 0 Å². The van der Waals surface area contributed by atoms with E-state index in [0.717, 1.165) is 6.26 Å². The average molecular weight is 116 g/mol. The first-order valence-corrected chi connectivity index (χ1v) is 2.25. The Morgan fingerprint density at radius 1 is 1.62 bits per heavy atom. The highest BCUT2D eigenvalue weighted by atomic mass is 16.3. The molecule has 2 N–H and O–H groups in total. The van der Waals surface area contributed by atoms with Crippen molar-refractivity contribution < 1.29 is 10.2 Å². The molecule has 0 aliphatic heterocycles. The van der Waals surface area contributed by atoms with E-state index in [1.54, 1.807) is 13.0 Å². The summed E-state index contributed by atoms with van der Waals surface area (Å²) >= 11 is 0. The molecule has 0 spiro atoms. The summed E-state index contributed by atoms with van der Waals surface area (Å²) in [5.41, 5.74) is 0. The molecule has 0 saturated carbocycles. The Kier molecular flexibility index (Phi) is 11.9. The second kappa shape index (κ2) is 9.43. The smallest absolute Gasteiger partial charge is 0.0820 e. The van der Waals surface area contributed by atoms with Gasteiger partial charge < -0.3 is 10.2 Å². The highest BCUT2D eigenvalue weighted by Gasteiger charge is 1.53. The van der Waals surface area contributed by atoms with Gasteiger partial charge in [0.2, 0.25) is 0 Å². The lowest BCUT2D eigenvalue weighted by molar-refractivity contribution is 0.417. The molecular formula is C6H12O2. The van der Waals surface area contributed by atoms with Crippen LogP contribution in [-0.2, 0) is 0 Å². The van der Waals surface area contributed by atoms with E-state index >= 15 is 0 Å². The normalized spacial score (nSPS) is 7.75. The van der Waals surface area contributed by atoms with Crippen molar-refractivity contribution in [1.82, 2.24) is 0 Å². The van der Waals surface area contributed by atoms with Gasteiger partial charge >= 0.3 is 0 Å². The maximum atomic E-state index is 7.86. The molecule has 0 aromatic carbocycles. The molecule has 0 radical (unpaired) electrons. The molecule has 0 unspecified atom stereocenters. The van der Waals surface area contributed by atoms with E-state index in [0.29, 0.717) is 0 Å². The average Bonchev–Trinajstić information content (AvgIpc) is 1.65. The fourth-order valence-electron chi connectivity index (χ4n) is 0. The summed E-state index contributed by atoms with van der Waals surface area (Å²) in [4.78, 5) is 0. The van der Waals surface area contributed by atoms with Gasteiger partial charge in [-0.2, -0.15) is 0 Å². The second-order valence-electron chi connectivity index (χ2n) is 1.22. The zero-order valence-corrected chi connectivity index (χ0v) is 5.26. The molecule has 0 fully saturated rings. The van der Waals surface area contributed by atoms with Crippen molar-refractivity contribution in [2.45, 2.75) is 13.8 Å². The van der Waals surface area contributed by atoms with E-state index in [2.05, 4.69) is 6.58 Å². The van der Waals surface area contributed by atoms with Crippen molar-refractivity contribution in [3.8, 4) is 0 Å². The van der Waals surface area contributed by atoms with E-state index in [1.807, 2.05) is 0 Å². The molecule has 0 atom stereocenters. The molecular weight excluding hydrogens is 104 g/mol. The quantitative estimate of drug-likeness (QED) is 0.476. The molecule has 0 aliphatic rings. The van der Waals surface area contributed by atoms with E-state index in [4.69, 9.17) is 10.2 Å². The fourth-order valence-corrected chi connectivity index (χ4v) is 0. The lowest BCUT2D eigenvalue weighted by Gasteiger charge is -1.68. The molecule has 0 aromatic rings. The molecule has 0 aliphatic carbocycles. The first-order valence-electron chi connectivity index (χ1n) is 2.25. The van der Waals surface area contributed by atoms with Crippen LogP contribution in [0.1, 0.15) is 13.8 Å². The molecule has 2 nitrogen and oxygen atoms in total. The third-order valence-corrected chi connectivity index (χ3v) is 0.149. The Labute approximate surface area is 49.8 Å². The van der Waals surface area contributed by atoms with Crippen LogP contribution in [0.4, 0.5) is 0 Å². The number of allylic oxidation sites excluding steroid dienone is 2. The van der Waals surface area contributed by atoms with Crippen molar-refractivity contribution in [2.75, 3.05) is 0 Å². The van der Waals surface area contributed by atoms with Crippen LogP contribution in [0.25, 0.3) is 0 Å². The SMILES string of the molecule is C=C(C)O.CC=CO. The van der Waals surface area contributed by atoms with Gasteiger partial charge in [-0.25, -0.2) is 0 Å². The van der Waals surface area contributed by atoms with Crippen molar-refractivity contribution in [3.05, 3.63) is 24.7 Å². The number of aliphatic hydroxyl groups excluding tert-OH is 2. The molecule has 0 amide bonds. The van der Waals surface area contributed by atoms with Crippen LogP contribution in [-0.4, -0.2) is 10.2 Å². The molecule has 48 valence electrons. The van der Waals surface area contributed by atoms with Crippen LogP contribution in [0.2, 0.25) is 0 Å². The first kappa shape index (κ1) is 10.1. The number of hydrogen-bond donors (Lipinski definition) is 2. The van der Waals surface area contributed by atoms with Gasteiger partial charge in [-0.15, -0.1) is 0 Å². The van der Waals surface area contributed by atoms with Crippen LogP contribution >= 0.6 is 0 Å². The molecule has 2 heteroatoms. The maximum Gasteiger partial charge on any atom is 0.0820 e. The monoisotopic (exact) mass is 116 g/mol. The van der Waals surface area contributed by atoms with Gasteiger partial charge in [-0.05, 0) is 13.8 Å². The van der Waals surface area contributed by atoms with E-state index in [1.165, 1.54) is 6.92 Å². The second-order valence-corrected chi connectivity index (χ2v) is 1.22. The zero-order valence-electron chi connectivity index (χ0n) is 5.26. The van der Waals surface area contributed by atoms with Gasteiger partial charge in [-0.1, -0.05) is 12.7 Å². The standard InChI is InChI=1S/2C3H6O/c1-3(2)4;1-2-3-4/h4H,1H2,2H3;2-4H,1H3. The minimum absolute atomic E-state index is 0.167. The minimum atomic E-state index is 0.167. The van der Waals surface area contributed by atoms with Crippen LogP contribution in [0, 0.1) is 0 Å². The van der Waals surface area contributed by atoms with Crippen molar-refractivity contribution in [1.29, 1.82) is 0 Å². The highest BCUT2D eigenvalue weighted by Crippen LogP contribution is 1.66. The van der Waals surface area contributed by atoms with Gasteiger partial charge in [0.05, 0.1) is 12.0 Å². The Hall–Kier alpha value is -0.920. The van der Waals surface area contributed by atoms with Crippen LogP contribution in [0.5, 0.6) is 0 Å². The Morgan fingerprint density at radius 3 is 1.75 bits per heavy atom. The van der Waals surface area contributed by atoms with Crippen molar-refractivity contribution in [3.63, 3.8) is 0 Å². The lowest BCUT2D eigenvalue weighted by Crippen LogP contribution is -1.54. The number of hydrogen-bond acceptors (Lipinski definition) is 2. The Balaban J connectivity index is 0. The summed E-state index contributed by atoms with van der Waals surface area (Å²) in [6, 6.07) is 0. The van der Waals surface area contributed by atoms with Crippen molar-refractivity contribution >= 4 is 0 Å². The predicted molar refractivity (Wildman–Crippen MR) is 34.9 cm³/mol. The van der Waals surface area contributed by atoms with Gasteiger partial charge in [0.25, 0.3) is 0 Å². The highest BCUT2D eigenvalue weighted by molar-refractivity contribution is 4.67. The third-order valence-electron chi connectivity index (χ3n) is 0.149. The van der Waals surface area contributed by atoms with E-state index < -0.39 is 0 Å². The summed E-state index contributed by atoms with van der Waals surface area (Å²) in [7, 11) is 0. The summed E-state index contributed by atoms with van der Waals surface area (Å²) in [6.07, 6.45) is 2.56. The summed E-state index contributed by atoms with van der Waals surface area (Å²) < 4.78 is 0. The summed E-state index contributed by atoms with van der Waals surface area (Å²) in [6.45, 7) is 6.39. The largest absolute Gasteiger partial charge is 0.516 e. The summed E-state index contributed by atoms with van der Waals surface area (Å²) in [5, 5.41) is 15.6. The predicted octanol–water partition coefficient (Wildman–Crippen LogP) is 2.16. The molecule has 8 heavy (non-hydrogen) atoms. The topological polar surface area (TPSA) is 40.5 Å². The summed E-state index contributed by atoms with van der Waals surface area (Å²) in [5.74, 6) is 0.167. The Morgan fingerprint density at radius 2 is 1.75 bits per heavy atom. The van der Waals surface area contributed by atoms with Gasteiger partial charge in [-0.3, -0.25) is 0 Å². The van der Waals surface area contributed by atoms with Crippen LogP contribution in [0.3, 0.4) is 0 Å². The number of rotatable bonds is 0. The molecule has 0 heterocycles. The van der Waals surface area contributed by atoms with Gasteiger partial charge in [0.15, 0.2) is 0 Å². The zero-order chi connectivity index (χ0) is 6.99. The van der Waals surface area contributed by atoms with Gasteiger partial charge in [0.1, 0.15) is 0 Å². The van der Waals surface area contributed by atoms with Crippen LogP contribution in [0.15, 0.2) is 24.7 Å². The molecule has 0 bridgehead atoms. The minimum Gasteiger partial charge on any atom is -0.516 e. The van der Waals surface area contributed by atoms with E-state index in [-0.39, 0.29) is 5.76 Å². The van der Waals surface area contributed by atoms with Gasteiger partial charge in [0, 0.05) is 0 Å². The number of aliphatic hydroxyl groups is 2. The first-order chi connectivity index (χ1) is 3.65. The molecule has 0 rings (SSSR count). The molecule has 0 saturated heterocycles. The van der Waals surface area contributed by atoms with E-state index in [9.17, 15) is 0 Å². The Bertz CT molecular complexity index is 66.6. The maximum absolute atomic E-state index is 7.86. The fraction of sp³-hybridized carbons (Fsp3) is 0.333. The third kappa shape index (κ3) is 13200. The molecule has 0 aromatic heterocycles. The van der Waals surface area contributed by atoms with Crippen molar-refractivity contribution in [2.24, 2.45) is 0 Å². The lowest BCUT2D eigenvalue weighted by atomic mass is 10.7.